The Hall–Kier alpha value is -1.62. The molecule has 0 saturated carbocycles. The lowest BCUT2D eigenvalue weighted by molar-refractivity contribution is -0.136. The third-order valence-electron chi connectivity index (χ3n) is 2.17. The SMILES string of the molecule is C[Si](C)(C)Oc1ccc(C(=O)CCC(=O)O)cc1. The standard InChI is InChI=1S/C13H18O4Si/c1-18(2,3)17-11-6-4-10(5-7-11)12(14)8-9-13(15)16/h4-7H,8-9H2,1-3H3,(H,15,16). The van der Waals surface area contributed by atoms with Crippen LogP contribution >= 0.6 is 0 Å². The van der Waals surface area contributed by atoms with Crippen LogP contribution < -0.4 is 4.43 Å². The van der Waals surface area contributed by atoms with Crippen LogP contribution in [0.4, 0.5) is 0 Å². The second-order valence-corrected chi connectivity index (χ2v) is 9.48. The molecule has 0 bridgehead atoms. The highest BCUT2D eigenvalue weighted by Crippen LogP contribution is 2.17. The van der Waals surface area contributed by atoms with E-state index in [9.17, 15) is 9.59 Å². The van der Waals surface area contributed by atoms with Gasteiger partial charge in [-0.3, -0.25) is 9.59 Å². The van der Waals surface area contributed by atoms with E-state index in [4.69, 9.17) is 9.53 Å². The van der Waals surface area contributed by atoms with E-state index in [2.05, 4.69) is 19.6 Å². The number of carbonyl (C=O) groups excluding carboxylic acids is 1. The lowest BCUT2D eigenvalue weighted by Crippen LogP contribution is -2.29. The number of carbonyl (C=O) groups is 2. The molecule has 1 rings (SSSR count). The number of aliphatic carboxylic acids is 1. The molecule has 0 aliphatic heterocycles. The zero-order valence-corrected chi connectivity index (χ0v) is 11.9. The number of rotatable bonds is 6. The fourth-order valence-corrected chi connectivity index (χ4v) is 2.27. The van der Waals surface area contributed by atoms with Gasteiger partial charge in [0.15, 0.2) is 5.78 Å². The summed E-state index contributed by atoms with van der Waals surface area (Å²) in [5.41, 5.74) is 0.527. The van der Waals surface area contributed by atoms with Crippen molar-refractivity contribution in [3.05, 3.63) is 29.8 Å². The van der Waals surface area contributed by atoms with Crippen molar-refractivity contribution in [2.75, 3.05) is 0 Å². The van der Waals surface area contributed by atoms with Crippen LogP contribution in [0.15, 0.2) is 24.3 Å². The van der Waals surface area contributed by atoms with Crippen LogP contribution in [0.3, 0.4) is 0 Å². The first-order chi connectivity index (χ1) is 8.28. The maximum atomic E-state index is 11.7. The normalized spacial score (nSPS) is 11.1. The quantitative estimate of drug-likeness (QED) is 0.635. The van der Waals surface area contributed by atoms with E-state index in [0.717, 1.165) is 5.75 Å². The minimum Gasteiger partial charge on any atom is -0.544 e. The Balaban J connectivity index is 2.65. The zero-order valence-electron chi connectivity index (χ0n) is 10.9. The second-order valence-electron chi connectivity index (χ2n) is 5.06. The van der Waals surface area contributed by atoms with Crippen LogP contribution in [0, 0.1) is 0 Å². The monoisotopic (exact) mass is 266 g/mol. The molecule has 0 spiro atoms. The molecule has 0 amide bonds. The van der Waals surface area contributed by atoms with Crippen molar-refractivity contribution in [1.29, 1.82) is 0 Å². The van der Waals surface area contributed by atoms with Gasteiger partial charge in [0, 0.05) is 12.0 Å². The first kappa shape index (κ1) is 14.4. The van der Waals surface area contributed by atoms with Crippen molar-refractivity contribution < 1.29 is 19.1 Å². The topological polar surface area (TPSA) is 63.6 Å². The number of Topliss-reactive ketones (excluding diaryl/α,β-unsaturated/α-hetero) is 1. The molecule has 0 atom stereocenters. The summed E-state index contributed by atoms with van der Waals surface area (Å²) in [5.74, 6) is -0.358. The molecule has 0 aliphatic rings. The Morgan fingerprint density at radius 1 is 1.11 bits per heavy atom. The maximum Gasteiger partial charge on any atom is 0.303 e. The van der Waals surface area contributed by atoms with Gasteiger partial charge in [0.1, 0.15) is 5.75 Å². The van der Waals surface area contributed by atoms with E-state index in [0.29, 0.717) is 5.56 Å². The lowest BCUT2D eigenvalue weighted by atomic mass is 10.1. The van der Waals surface area contributed by atoms with Crippen molar-refractivity contribution >= 4 is 20.1 Å². The Morgan fingerprint density at radius 2 is 1.67 bits per heavy atom. The van der Waals surface area contributed by atoms with E-state index in [1.54, 1.807) is 24.3 Å². The summed E-state index contributed by atoms with van der Waals surface area (Å²) in [5, 5.41) is 8.51. The van der Waals surface area contributed by atoms with E-state index in [-0.39, 0.29) is 18.6 Å². The van der Waals surface area contributed by atoms with Crippen molar-refractivity contribution in [3.8, 4) is 5.75 Å². The molecule has 18 heavy (non-hydrogen) atoms. The second kappa shape index (κ2) is 5.82. The lowest BCUT2D eigenvalue weighted by Gasteiger charge is -2.19. The first-order valence-corrected chi connectivity index (χ1v) is 9.23. The molecule has 1 aromatic carbocycles. The molecular weight excluding hydrogens is 248 g/mol. The van der Waals surface area contributed by atoms with Gasteiger partial charge in [-0.05, 0) is 43.9 Å². The van der Waals surface area contributed by atoms with Gasteiger partial charge in [0.25, 0.3) is 0 Å². The number of ketones is 1. The van der Waals surface area contributed by atoms with Crippen LogP contribution in [0.5, 0.6) is 5.75 Å². The minimum absolute atomic E-state index is 0.0313. The van der Waals surface area contributed by atoms with Crippen molar-refractivity contribution in [2.24, 2.45) is 0 Å². The molecule has 98 valence electrons. The molecule has 0 aliphatic carbocycles. The summed E-state index contributed by atoms with van der Waals surface area (Å²) in [4.78, 5) is 22.0. The van der Waals surface area contributed by atoms with Crippen LogP contribution in [-0.2, 0) is 4.79 Å². The number of hydrogen-bond acceptors (Lipinski definition) is 3. The first-order valence-electron chi connectivity index (χ1n) is 5.82. The highest BCUT2D eigenvalue weighted by atomic mass is 28.4. The van der Waals surface area contributed by atoms with Gasteiger partial charge in [0.05, 0.1) is 6.42 Å². The summed E-state index contributed by atoms with van der Waals surface area (Å²) in [6, 6.07) is 6.87. The molecule has 0 saturated heterocycles. The predicted molar refractivity (Wildman–Crippen MR) is 71.6 cm³/mol. The van der Waals surface area contributed by atoms with Gasteiger partial charge in [-0.25, -0.2) is 0 Å². The molecule has 0 aromatic heterocycles. The molecule has 1 N–H and O–H groups in total. The molecular formula is C13H18O4Si. The smallest absolute Gasteiger partial charge is 0.303 e. The maximum absolute atomic E-state index is 11.7. The van der Waals surface area contributed by atoms with Gasteiger partial charge in [0.2, 0.25) is 8.32 Å². The van der Waals surface area contributed by atoms with Crippen LogP contribution in [0.25, 0.3) is 0 Å². The van der Waals surface area contributed by atoms with E-state index < -0.39 is 14.3 Å². The molecule has 5 heteroatoms. The van der Waals surface area contributed by atoms with Gasteiger partial charge >= 0.3 is 5.97 Å². The third-order valence-corrected chi connectivity index (χ3v) is 3.01. The molecule has 1 aromatic rings. The molecule has 0 radical (unpaired) electrons. The summed E-state index contributed by atoms with van der Waals surface area (Å²) in [6.45, 7) is 6.25. The van der Waals surface area contributed by atoms with E-state index >= 15 is 0 Å². The molecule has 0 heterocycles. The Kier molecular flexibility index (Phi) is 4.67. The Labute approximate surface area is 108 Å². The van der Waals surface area contributed by atoms with E-state index in [1.807, 2.05) is 0 Å². The van der Waals surface area contributed by atoms with Crippen molar-refractivity contribution in [2.45, 2.75) is 32.5 Å². The predicted octanol–water partition coefficient (Wildman–Crippen LogP) is 2.95. The van der Waals surface area contributed by atoms with E-state index in [1.165, 1.54) is 0 Å². The average Bonchev–Trinajstić information content (AvgIpc) is 2.24. The Morgan fingerprint density at radius 3 is 2.11 bits per heavy atom. The molecule has 0 fully saturated rings. The van der Waals surface area contributed by atoms with Gasteiger partial charge < -0.3 is 9.53 Å². The largest absolute Gasteiger partial charge is 0.544 e. The number of hydrogen-bond donors (Lipinski definition) is 1. The highest BCUT2D eigenvalue weighted by molar-refractivity contribution is 6.70. The minimum atomic E-state index is -1.64. The fourth-order valence-electron chi connectivity index (χ4n) is 1.43. The summed E-state index contributed by atoms with van der Waals surface area (Å²) >= 11 is 0. The molecule has 4 nitrogen and oxygen atoms in total. The number of carboxylic acid groups (broad SMARTS) is 1. The zero-order chi connectivity index (χ0) is 13.8. The van der Waals surface area contributed by atoms with Gasteiger partial charge in [-0.1, -0.05) is 0 Å². The summed E-state index contributed by atoms with van der Waals surface area (Å²) in [7, 11) is -1.64. The average molecular weight is 266 g/mol. The number of carboxylic acids is 1. The van der Waals surface area contributed by atoms with Gasteiger partial charge in [-0.2, -0.15) is 0 Å². The van der Waals surface area contributed by atoms with Crippen LogP contribution in [0.2, 0.25) is 19.6 Å². The van der Waals surface area contributed by atoms with Crippen LogP contribution in [-0.4, -0.2) is 25.2 Å². The van der Waals surface area contributed by atoms with Crippen molar-refractivity contribution in [3.63, 3.8) is 0 Å². The summed E-state index contributed by atoms with van der Waals surface area (Å²) < 4.78 is 5.77. The fraction of sp³-hybridized carbons (Fsp3) is 0.385. The Bertz CT molecular complexity index is 431. The molecule has 0 unspecified atom stereocenters. The van der Waals surface area contributed by atoms with Crippen molar-refractivity contribution in [1.82, 2.24) is 0 Å². The highest BCUT2D eigenvalue weighted by Gasteiger charge is 2.16. The third kappa shape index (κ3) is 5.14. The summed E-state index contributed by atoms with van der Waals surface area (Å²) in [6.07, 6.45) is -0.102. The van der Waals surface area contributed by atoms with Gasteiger partial charge in [-0.15, -0.1) is 0 Å². The number of benzene rings is 1. The van der Waals surface area contributed by atoms with Crippen LogP contribution in [0.1, 0.15) is 23.2 Å².